The minimum Gasteiger partial charge on any atom is -0.330 e. The highest BCUT2D eigenvalue weighted by molar-refractivity contribution is 7.71. The molecule has 0 atom stereocenters. The number of hydrogen-bond acceptors (Lipinski definition) is 3. The Bertz CT molecular complexity index is 793. The summed E-state index contributed by atoms with van der Waals surface area (Å²) >= 11 is 16.9. The first-order chi connectivity index (χ1) is 8.82. The summed E-state index contributed by atoms with van der Waals surface area (Å²) in [6, 6.07) is 2.96. The summed E-state index contributed by atoms with van der Waals surface area (Å²) in [4.78, 5) is 27.1. The van der Waals surface area contributed by atoms with E-state index < -0.39 is 5.56 Å². The summed E-state index contributed by atoms with van der Waals surface area (Å²) in [6.45, 7) is 3.39. The highest BCUT2D eigenvalue weighted by Crippen LogP contribution is 2.24. The van der Waals surface area contributed by atoms with Crippen molar-refractivity contribution in [2.75, 3.05) is 0 Å². The molecule has 0 aliphatic heterocycles. The fraction of sp³-hybridized carbons (Fsp3) is 0.250. The van der Waals surface area contributed by atoms with E-state index in [0.29, 0.717) is 10.5 Å². The normalized spacial score (nSPS) is 11.2. The van der Waals surface area contributed by atoms with Gasteiger partial charge in [-0.05, 0) is 24.4 Å². The fourth-order valence-corrected chi connectivity index (χ4v) is 2.52. The Labute approximate surface area is 124 Å². The van der Waals surface area contributed by atoms with Gasteiger partial charge in [0.25, 0.3) is 5.56 Å². The molecule has 0 bridgehead atoms. The monoisotopic (exact) mass is 316 g/mol. The zero-order chi connectivity index (χ0) is 14.3. The maximum Gasteiger partial charge on any atom is 0.269 e. The fourth-order valence-electron chi connectivity index (χ4n) is 1.70. The standard InChI is InChI=1S/C12H10Cl2N2O2S/c1-5(2)10(17)16-11(18)7-3-6(13)4-8(14)9(7)15-12(16)19/h3-5H,1-2H3,(H,15,19). The van der Waals surface area contributed by atoms with Gasteiger partial charge in [-0.25, -0.2) is 4.57 Å². The van der Waals surface area contributed by atoms with Crippen molar-refractivity contribution in [3.8, 4) is 0 Å². The Morgan fingerprint density at radius 2 is 2.00 bits per heavy atom. The lowest BCUT2D eigenvalue weighted by molar-refractivity contribution is 0.0848. The molecule has 0 aliphatic carbocycles. The third kappa shape index (κ3) is 2.45. The zero-order valence-electron chi connectivity index (χ0n) is 10.2. The quantitative estimate of drug-likeness (QED) is 0.817. The second kappa shape index (κ2) is 5.07. The van der Waals surface area contributed by atoms with Gasteiger partial charge in [0.15, 0.2) is 4.77 Å². The summed E-state index contributed by atoms with van der Waals surface area (Å²) < 4.78 is 0.968. The van der Waals surface area contributed by atoms with Crippen molar-refractivity contribution in [2.24, 2.45) is 5.92 Å². The van der Waals surface area contributed by atoms with Crippen molar-refractivity contribution in [1.29, 1.82) is 0 Å². The average molecular weight is 317 g/mol. The van der Waals surface area contributed by atoms with E-state index in [2.05, 4.69) is 4.98 Å². The molecule has 7 heteroatoms. The van der Waals surface area contributed by atoms with Crippen molar-refractivity contribution >= 4 is 52.2 Å². The predicted molar refractivity (Wildman–Crippen MR) is 78.9 cm³/mol. The van der Waals surface area contributed by atoms with Crippen molar-refractivity contribution < 1.29 is 4.79 Å². The Balaban J connectivity index is 2.94. The lowest BCUT2D eigenvalue weighted by atomic mass is 10.2. The van der Waals surface area contributed by atoms with Gasteiger partial charge >= 0.3 is 0 Å². The smallest absolute Gasteiger partial charge is 0.269 e. The van der Waals surface area contributed by atoms with Crippen LogP contribution < -0.4 is 5.56 Å². The zero-order valence-corrected chi connectivity index (χ0v) is 12.5. The van der Waals surface area contributed by atoms with Gasteiger partial charge in [0.2, 0.25) is 5.91 Å². The van der Waals surface area contributed by atoms with Crippen LogP contribution in [0.15, 0.2) is 16.9 Å². The number of benzene rings is 1. The van der Waals surface area contributed by atoms with Gasteiger partial charge in [0.05, 0.1) is 15.9 Å². The van der Waals surface area contributed by atoms with E-state index in [0.717, 1.165) is 4.57 Å². The van der Waals surface area contributed by atoms with Crippen LogP contribution in [-0.2, 0) is 0 Å². The number of aromatic nitrogens is 2. The number of aromatic amines is 1. The predicted octanol–water partition coefficient (Wildman–Crippen LogP) is 3.66. The van der Waals surface area contributed by atoms with Crippen LogP contribution in [0.3, 0.4) is 0 Å². The summed E-state index contributed by atoms with van der Waals surface area (Å²) in [7, 11) is 0. The molecular formula is C12H10Cl2N2O2S. The number of hydrogen-bond donors (Lipinski definition) is 1. The maximum atomic E-state index is 12.3. The van der Waals surface area contributed by atoms with Gasteiger partial charge in [-0.3, -0.25) is 9.59 Å². The molecule has 0 radical (unpaired) electrons. The van der Waals surface area contributed by atoms with E-state index in [1.165, 1.54) is 12.1 Å². The van der Waals surface area contributed by atoms with Crippen LogP contribution >= 0.6 is 35.4 Å². The van der Waals surface area contributed by atoms with Crippen LogP contribution in [0, 0.1) is 10.7 Å². The highest BCUT2D eigenvalue weighted by atomic mass is 35.5. The molecule has 4 nitrogen and oxygen atoms in total. The molecule has 0 amide bonds. The molecule has 0 saturated heterocycles. The summed E-state index contributed by atoms with van der Waals surface area (Å²) in [5.74, 6) is -0.718. The lowest BCUT2D eigenvalue weighted by Gasteiger charge is -2.09. The van der Waals surface area contributed by atoms with Gasteiger partial charge in [0, 0.05) is 10.9 Å². The van der Waals surface area contributed by atoms with Crippen LogP contribution in [0.5, 0.6) is 0 Å². The summed E-state index contributed by atoms with van der Waals surface area (Å²) in [5, 5.41) is 0.846. The Morgan fingerprint density at radius 3 is 2.58 bits per heavy atom. The Kier molecular flexibility index (Phi) is 3.80. The minimum absolute atomic E-state index is 0.0282. The van der Waals surface area contributed by atoms with Gasteiger partial charge in [-0.15, -0.1) is 0 Å². The topological polar surface area (TPSA) is 54.9 Å². The highest BCUT2D eigenvalue weighted by Gasteiger charge is 2.17. The van der Waals surface area contributed by atoms with Gasteiger partial charge in [0.1, 0.15) is 0 Å². The summed E-state index contributed by atoms with van der Waals surface area (Å²) in [5.41, 5.74) is -0.129. The molecule has 2 aromatic rings. The first-order valence-corrected chi connectivity index (χ1v) is 6.67. The number of nitrogens with one attached hydrogen (secondary N) is 1. The molecule has 1 aromatic heterocycles. The van der Waals surface area contributed by atoms with Gasteiger partial charge in [-0.2, -0.15) is 0 Å². The SMILES string of the molecule is CC(C)C(=O)n1c(=S)[nH]c2c(Cl)cc(Cl)cc2c1=O. The Morgan fingerprint density at radius 1 is 1.37 bits per heavy atom. The molecule has 0 aliphatic rings. The number of halogens is 2. The largest absolute Gasteiger partial charge is 0.330 e. The molecule has 0 fully saturated rings. The number of carbonyl (C=O) groups is 1. The van der Waals surface area contributed by atoms with E-state index in [9.17, 15) is 9.59 Å². The van der Waals surface area contributed by atoms with Crippen molar-refractivity contribution in [3.05, 3.63) is 37.3 Å². The minimum atomic E-state index is -0.512. The maximum absolute atomic E-state index is 12.3. The average Bonchev–Trinajstić information content (AvgIpc) is 2.30. The molecule has 1 heterocycles. The molecule has 1 N–H and O–H groups in total. The van der Waals surface area contributed by atoms with Crippen molar-refractivity contribution in [3.63, 3.8) is 0 Å². The summed E-state index contributed by atoms with van der Waals surface area (Å²) in [6.07, 6.45) is 0. The number of fused-ring (bicyclic) bond motifs is 1. The molecule has 0 spiro atoms. The van der Waals surface area contributed by atoms with Crippen LogP contribution in [0.4, 0.5) is 0 Å². The van der Waals surface area contributed by atoms with Crippen LogP contribution in [0.2, 0.25) is 10.0 Å². The second-order valence-corrected chi connectivity index (χ2v) is 5.60. The number of nitrogens with zero attached hydrogens (tertiary/aromatic N) is 1. The van der Waals surface area contributed by atoms with E-state index in [4.69, 9.17) is 35.4 Å². The van der Waals surface area contributed by atoms with Crippen molar-refractivity contribution in [2.45, 2.75) is 13.8 Å². The van der Waals surface area contributed by atoms with Gasteiger partial charge < -0.3 is 4.98 Å². The third-order valence-corrected chi connectivity index (χ3v) is 3.44. The van der Waals surface area contributed by atoms with Crippen molar-refractivity contribution in [1.82, 2.24) is 9.55 Å². The molecule has 0 saturated carbocycles. The first kappa shape index (κ1) is 14.2. The molecule has 19 heavy (non-hydrogen) atoms. The number of H-pyrrole nitrogens is 1. The molecular weight excluding hydrogens is 307 g/mol. The molecule has 1 aromatic carbocycles. The number of rotatable bonds is 1. The van der Waals surface area contributed by atoms with Crippen LogP contribution in [0.25, 0.3) is 10.9 Å². The first-order valence-electron chi connectivity index (χ1n) is 5.51. The lowest BCUT2D eigenvalue weighted by Crippen LogP contribution is -2.31. The molecule has 100 valence electrons. The second-order valence-electron chi connectivity index (χ2n) is 4.37. The van der Waals surface area contributed by atoms with Crippen LogP contribution in [0.1, 0.15) is 18.6 Å². The van der Waals surface area contributed by atoms with Gasteiger partial charge in [-0.1, -0.05) is 37.0 Å². The van der Waals surface area contributed by atoms with E-state index in [1.807, 2.05) is 0 Å². The molecule has 2 rings (SSSR count). The van der Waals surface area contributed by atoms with Crippen LogP contribution in [-0.4, -0.2) is 15.5 Å². The van der Waals surface area contributed by atoms with E-state index in [1.54, 1.807) is 13.8 Å². The molecule has 0 unspecified atom stereocenters. The Hall–Kier alpha value is -1.17. The third-order valence-electron chi connectivity index (χ3n) is 2.64. The van der Waals surface area contributed by atoms with E-state index in [-0.39, 0.29) is 27.0 Å². The van der Waals surface area contributed by atoms with E-state index >= 15 is 0 Å². The number of carbonyl (C=O) groups excluding carboxylic acids is 1.